The summed E-state index contributed by atoms with van der Waals surface area (Å²) in [4.78, 5) is 12.9. The Morgan fingerprint density at radius 2 is 0.958 bits per heavy atom. The first kappa shape index (κ1) is 12.5. The van der Waals surface area contributed by atoms with Crippen LogP contribution in [0.1, 0.15) is 34.1 Å². The highest BCUT2D eigenvalue weighted by Crippen LogP contribution is 2.54. The van der Waals surface area contributed by atoms with Gasteiger partial charge < -0.3 is 0 Å². The second kappa shape index (κ2) is 4.12. The predicted molar refractivity (Wildman–Crippen MR) is 96.6 cm³/mol. The molecule has 112 valence electrons. The Hall–Kier alpha value is -2.93. The van der Waals surface area contributed by atoms with Crippen molar-refractivity contribution in [2.75, 3.05) is 0 Å². The summed E-state index contributed by atoms with van der Waals surface area (Å²) in [6.07, 6.45) is 0. The molecule has 2 aliphatic carbocycles. The SMILES string of the molecule is O=C1C2c3ccccc3C1c1cc3cc4ccccc4cc3cc12. The number of benzene rings is 4. The van der Waals surface area contributed by atoms with Crippen LogP contribution in [0.2, 0.25) is 0 Å². The Bertz CT molecular complexity index is 1090. The van der Waals surface area contributed by atoms with Crippen LogP contribution in [-0.2, 0) is 4.79 Å². The Labute approximate surface area is 139 Å². The summed E-state index contributed by atoms with van der Waals surface area (Å²) in [6, 6.07) is 25.7. The second-order valence-electron chi connectivity index (χ2n) is 6.92. The van der Waals surface area contributed by atoms with Gasteiger partial charge in [0.25, 0.3) is 0 Å². The van der Waals surface area contributed by atoms with Crippen molar-refractivity contribution >= 4 is 27.3 Å². The smallest absolute Gasteiger partial charge is 0.156 e. The van der Waals surface area contributed by atoms with Crippen LogP contribution < -0.4 is 0 Å². The number of carbonyl (C=O) groups excluding carboxylic acids is 1. The summed E-state index contributed by atoms with van der Waals surface area (Å²) in [5, 5.41) is 4.95. The highest BCUT2D eigenvalue weighted by Gasteiger charge is 2.48. The van der Waals surface area contributed by atoms with Gasteiger partial charge in [-0.05, 0) is 68.1 Å². The highest BCUT2D eigenvalue weighted by atomic mass is 16.1. The van der Waals surface area contributed by atoms with Crippen LogP contribution in [0, 0.1) is 0 Å². The molecule has 2 atom stereocenters. The number of fused-ring (bicyclic) bond motifs is 10. The Balaban J connectivity index is 1.68. The number of Topliss-reactive ketones (excluding diaryl/α,β-unsaturated/α-hetero) is 1. The first-order valence-electron chi connectivity index (χ1n) is 8.40. The van der Waals surface area contributed by atoms with E-state index >= 15 is 0 Å². The Morgan fingerprint density at radius 3 is 1.46 bits per heavy atom. The van der Waals surface area contributed by atoms with Gasteiger partial charge in [0, 0.05) is 0 Å². The molecule has 1 nitrogen and oxygen atoms in total. The third-order valence-corrected chi connectivity index (χ3v) is 5.72. The van der Waals surface area contributed by atoms with Crippen molar-refractivity contribution in [3.05, 3.63) is 95.1 Å². The van der Waals surface area contributed by atoms with Gasteiger partial charge >= 0.3 is 0 Å². The number of rotatable bonds is 0. The van der Waals surface area contributed by atoms with E-state index in [0.717, 1.165) is 0 Å². The quantitative estimate of drug-likeness (QED) is 0.410. The molecule has 2 aliphatic rings. The first-order chi connectivity index (χ1) is 11.8. The van der Waals surface area contributed by atoms with Crippen molar-refractivity contribution in [2.45, 2.75) is 11.8 Å². The minimum Gasteiger partial charge on any atom is -0.298 e. The van der Waals surface area contributed by atoms with Crippen molar-refractivity contribution in [2.24, 2.45) is 0 Å². The van der Waals surface area contributed by atoms with Gasteiger partial charge in [0.05, 0.1) is 11.8 Å². The van der Waals surface area contributed by atoms with E-state index in [-0.39, 0.29) is 11.8 Å². The lowest BCUT2D eigenvalue weighted by Crippen LogP contribution is -2.02. The van der Waals surface area contributed by atoms with Crippen molar-refractivity contribution in [1.82, 2.24) is 0 Å². The minimum absolute atomic E-state index is 0.0583. The van der Waals surface area contributed by atoms with E-state index in [2.05, 4.69) is 60.7 Å². The van der Waals surface area contributed by atoms with Crippen LogP contribution >= 0.6 is 0 Å². The third-order valence-electron chi connectivity index (χ3n) is 5.72. The van der Waals surface area contributed by atoms with E-state index in [1.807, 2.05) is 12.1 Å². The molecule has 0 saturated heterocycles. The van der Waals surface area contributed by atoms with E-state index in [4.69, 9.17) is 0 Å². The number of carbonyl (C=O) groups is 1. The summed E-state index contributed by atoms with van der Waals surface area (Å²) in [7, 11) is 0. The molecule has 2 unspecified atom stereocenters. The van der Waals surface area contributed by atoms with Gasteiger partial charge in [-0.3, -0.25) is 4.79 Å². The van der Waals surface area contributed by atoms with Crippen molar-refractivity contribution < 1.29 is 4.79 Å². The van der Waals surface area contributed by atoms with Crippen LogP contribution in [0.4, 0.5) is 0 Å². The van der Waals surface area contributed by atoms with E-state index in [9.17, 15) is 4.79 Å². The maximum Gasteiger partial charge on any atom is 0.156 e. The molecule has 0 radical (unpaired) electrons. The van der Waals surface area contributed by atoms with E-state index in [1.165, 1.54) is 43.8 Å². The zero-order chi connectivity index (χ0) is 15.8. The van der Waals surface area contributed by atoms with Gasteiger partial charge in [0.1, 0.15) is 0 Å². The molecule has 0 amide bonds. The monoisotopic (exact) mass is 306 g/mol. The molecular formula is C23H14O. The lowest BCUT2D eigenvalue weighted by molar-refractivity contribution is -0.118. The molecule has 0 fully saturated rings. The van der Waals surface area contributed by atoms with E-state index < -0.39 is 0 Å². The van der Waals surface area contributed by atoms with Gasteiger partial charge in [-0.15, -0.1) is 0 Å². The summed E-state index contributed by atoms with van der Waals surface area (Å²) >= 11 is 0. The molecule has 1 heteroatoms. The molecular weight excluding hydrogens is 292 g/mol. The summed E-state index contributed by atoms with van der Waals surface area (Å²) in [6.45, 7) is 0. The molecule has 0 aliphatic heterocycles. The average Bonchev–Trinajstić information content (AvgIpc) is 3.05. The molecule has 0 aromatic heterocycles. The molecule has 4 aromatic carbocycles. The van der Waals surface area contributed by atoms with Gasteiger partial charge in [-0.1, -0.05) is 48.5 Å². The lowest BCUT2D eigenvalue weighted by atomic mass is 9.84. The predicted octanol–water partition coefficient (Wildman–Crippen LogP) is 5.15. The van der Waals surface area contributed by atoms with Gasteiger partial charge in [-0.2, -0.15) is 0 Å². The first-order valence-corrected chi connectivity index (χ1v) is 8.40. The Morgan fingerprint density at radius 1 is 0.500 bits per heavy atom. The van der Waals surface area contributed by atoms with Gasteiger partial charge in [0.2, 0.25) is 0 Å². The molecule has 0 heterocycles. The summed E-state index contributed by atoms with van der Waals surface area (Å²) in [5.41, 5.74) is 4.85. The van der Waals surface area contributed by atoms with Gasteiger partial charge in [0.15, 0.2) is 5.78 Å². The number of ketones is 1. The molecule has 24 heavy (non-hydrogen) atoms. The van der Waals surface area contributed by atoms with Crippen molar-refractivity contribution in [3.63, 3.8) is 0 Å². The zero-order valence-electron chi connectivity index (χ0n) is 13.0. The fraction of sp³-hybridized carbons (Fsp3) is 0.0870. The standard InChI is InChI=1S/C23H14O/c24-23-21-17-7-3-4-8-18(17)22(23)20-12-16-10-14-6-2-1-5-13(14)9-15(16)11-19(20)21/h1-12,21-22H. The van der Waals surface area contributed by atoms with Crippen LogP contribution in [0.25, 0.3) is 21.5 Å². The third kappa shape index (κ3) is 1.38. The second-order valence-corrected chi connectivity index (χ2v) is 6.92. The minimum atomic E-state index is -0.0583. The van der Waals surface area contributed by atoms with Crippen molar-refractivity contribution in [3.8, 4) is 0 Å². The largest absolute Gasteiger partial charge is 0.298 e. The lowest BCUT2D eigenvalue weighted by Gasteiger charge is -2.18. The van der Waals surface area contributed by atoms with Crippen LogP contribution in [0.3, 0.4) is 0 Å². The molecule has 0 N–H and O–H groups in total. The maximum atomic E-state index is 12.9. The molecule has 2 bridgehead atoms. The van der Waals surface area contributed by atoms with E-state index in [1.54, 1.807) is 0 Å². The molecule has 6 rings (SSSR count). The van der Waals surface area contributed by atoms with Crippen molar-refractivity contribution in [1.29, 1.82) is 0 Å². The number of hydrogen-bond acceptors (Lipinski definition) is 1. The molecule has 4 aromatic rings. The Kier molecular flexibility index (Phi) is 2.15. The number of hydrogen-bond donors (Lipinski definition) is 0. The summed E-state index contributed by atoms with van der Waals surface area (Å²) < 4.78 is 0. The molecule has 0 spiro atoms. The van der Waals surface area contributed by atoms with Crippen LogP contribution in [0.15, 0.2) is 72.8 Å². The summed E-state index contributed by atoms with van der Waals surface area (Å²) in [5.74, 6) is 0.236. The zero-order valence-corrected chi connectivity index (χ0v) is 13.0. The fourth-order valence-corrected chi connectivity index (χ4v) is 4.68. The van der Waals surface area contributed by atoms with Crippen LogP contribution in [0.5, 0.6) is 0 Å². The highest BCUT2D eigenvalue weighted by molar-refractivity contribution is 6.09. The maximum absolute atomic E-state index is 12.9. The average molecular weight is 306 g/mol. The van der Waals surface area contributed by atoms with Crippen LogP contribution in [-0.4, -0.2) is 5.78 Å². The fourth-order valence-electron chi connectivity index (χ4n) is 4.68. The van der Waals surface area contributed by atoms with E-state index in [0.29, 0.717) is 5.78 Å². The van der Waals surface area contributed by atoms with Gasteiger partial charge in [-0.25, -0.2) is 0 Å². The topological polar surface area (TPSA) is 17.1 Å². The normalized spacial score (nSPS) is 20.6. The molecule has 0 saturated carbocycles.